The Labute approximate surface area is 91.5 Å². The van der Waals surface area contributed by atoms with E-state index in [0.717, 1.165) is 5.57 Å². The van der Waals surface area contributed by atoms with Crippen LogP contribution in [0.4, 0.5) is 4.79 Å². The molecule has 0 rings (SSSR count). The maximum atomic E-state index is 11.6. The Morgan fingerprint density at radius 3 is 2.33 bits per heavy atom. The second-order valence-electron chi connectivity index (χ2n) is 4.58. The Kier molecular flexibility index (Phi) is 5.36. The molecule has 1 N–H and O–H groups in total. The average molecular weight is 215 g/mol. The average Bonchev–Trinajstić information content (AvgIpc) is 1.99. The SMILES string of the molecule is C=C(C)CN(CCO)C(=O)OC(C)(C)C. The van der Waals surface area contributed by atoms with Crippen molar-refractivity contribution in [1.82, 2.24) is 4.90 Å². The summed E-state index contributed by atoms with van der Waals surface area (Å²) in [6, 6.07) is 0. The van der Waals surface area contributed by atoms with Crippen LogP contribution in [0.3, 0.4) is 0 Å². The Morgan fingerprint density at radius 1 is 1.47 bits per heavy atom. The third-order valence-corrected chi connectivity index (χ3v) is 1.48. The van der Waals surface area contributed by atoms with Gasteiger partial charge in [0.25, 0.3) is 0 Å². The van der Waals surface area contributed by atoms with Gasteiger partial charge in [-0.05, 0) is 27.7 Å². The second kappa shape index (κ2) is 5.75. The molecule has 0 fully saturated rings. The molecule has 0 aliphatic rings. The van der Waals surface area contributed by atoms with Crippen molar-refractivity contribution in [3.8, 4) is 0 Å². The minimum atomic E-state index is -0.514. The number of hydrogen-bond acceptors (Lipinski definition) is 3. The molecule has 0 heterocycles. The van der Waals surface area contributed by atoms with E-state index in [4.69, 9.17) is 9.84 Å². The van der Waals surface area contributed by atoms with Gasteiger partial charge in [-0.25, -0.2) is 4.79 Å². The number of aliphatic hydroxyl groups excluding tert-OH is 1. The van der Waals surface area contributed by atoms with Gasteiger partial charge < -0.3 is 14.7 Å². The Hall–Kier alpha value is -1.03. The lowest BCUT2D eigenvalue weighted by Gasteiger charge is -2.27. The summed E-state index contributed by atoms with van der Waals surface area (Å²) in [5, 5.41) is 8.82. The second-order valence-corrected chi connectivity index (χ2v) is 4.58. The van der Waals surface area contributed by atoms with E-state index in [9.17, 15) is 4.79 Å². The monoisotopic (exact) mass is 215 g/mol. The quantitative estimate of drug-likeness (QED) is 0.727. The molecule has 0 aromatic rings. The summed E-state index contributed by atoms with van der Waals surface area (Å²) in [5.41, 5.74) is 0.342. The molecule has 0 unspecified atom stereocenters. The van der Waals surface area contributed by atoms with Gasteiger partial charge >= 0.3 is 6.09 Å². The zero-order valence-corrected chi connectivity index (χ0v) is 10.0. The third kappa shape index (κ3) is 6.96. The number of rotatable bonds is 4. The van der Waals surface area contributed by atoms with Crippen molar-refractivity contribution in [2.24, 2.45) is 0 Å². The fraction of sp³-hybridized carbons (Fsp3) is 0.727. The van der Waals surface area contributed by atoms with Gasteiger partial charge in [0.1, 0.15) is 5.60 Å². The van der Waals surface area contributed by atoms with E-state index in [1.807, 2.05) is 27.7 Å². The molecule has 0 saturated carbocycles. The minimum Gasteiger partial charge on any atom is -0.444 e. The maximum Gasteiger partial charge on any atom is 0.410 e. The normalized spacial score (nSPS) is 11.0. The molecule has 15 heavy (non-hydrogen) atoms. The highest BCUT2D eigenvalue weighted by Crippen LogP contribution is 2.10. The van der Waals surface area contributed by atoms with Gasteiger partial charge in [0.15, 0.2) is 0 Å². The van der Waals surface area contributed by atoms with Gasteiger partial charge in [0.2, 0.25) is 0 Å². The van der Waals surface area contributed by atoms with Crippen LogP contribution in [0, 0.1) is 0 Å². The van der Waals surface area contributed by atoms with Crippen LogP contribution in [0.15, 0.2) is 12.2 Å². The first-order valence-electron chi connectivity index (χ1n) is 4.99. The standard InChI is InChI=1S/C11H21NO3/c1-9(2)8-12(6-7-13)10(14)15-11(3,4)5/h13H,1,6-8H2,2-5H3. The lowest BCUT2D eigenvalue weighted by molar-refractivity contribution is 0.0238. The van der Waals surface area contributed by atoms with Gasteiger partial charge in [-0.1, -0.05) is 12.2 Å². The van der Waals surface area contributed by atoms with E-state index in [1.54, 1.807) is 0 Å². The first-order chi connectivity index (χ1) is 6.76. The molecule has 4 heteroatoms. The van der Waals surface area contributed by atoms with Crippen LogP contribution < -0.4 is 0 Å². The molecule has 1 amide bonds. The molecular weight excluding hydrogens is 194 g/mol. The van der Waals surface area contributed by atoms with Gasteiger partial charge in [0, 0.05) is 13.1 Å². The summed E-state index contributed by atoms with van der Waals surface area (Å²) in [7, 11) is 0. The summed E-state index contributed by atoms with van der Waals surface area (Å²) >= 11 is 0. The molecule has 0 saturated heterocycles. The lowest BCUT2D eigenvalue weighted by Crippen LogP contribution is -2.39. The van der Waals surface area contributed by atoms with Gasteiger partial charge in [-0.3, -0.25) is 0 Å². The lowest BCUT2D eigenvalue weighted by atomic mass is 10.2. The Morgan fingerprint density at radius 2 is 2.00 bits per heavy atom. The molecule has 4 nitrogen and oxygen atoms in total. The molecule has 0 aliphatic heterocycles. The molecular formula is C11H21NO3. The highest BCUT2D eigenvalue weighted by Gasteiger charge is 2.21. The summed E-state index contributed by atoms with van der Waals surface area (Å²) < 4.78 is 5.19. The summed E-state index contributed by atoms with van der Waals surface area (Å²) in [6.07, 6.45) is -0.417. The molecule has 0 atom stereocenters. The fourth-order valence-electron chi connectivity index (χ4n) is 1.01. The van der Waals surface area contributed by atoms with Crippen LogP contribution in [-0.2, 0) is 4.74 Å². The van der Waals surface area contributed by atoms with E-state index >= 15 is 0 Å². The van der Waals surface area contributed by atoms with Gasteiger partial charge in [-0.15, -0.1) is 0 Å². The predicted octanol–water partition coefficient (Wildman–Crippen LogP) is 1.79. The highest BCUT2D eigenvalue weighted by molar-refractivity contribution is 5.68. The van der Waals surface area contributed by atoms with Gasteiger partial charge in [-0.2, -0.15) is 0 Å². The Balaban J connectivity index is 4.35. The van der Waals surface area contributed by atoms with Crippen molar-refractivity contribution in [3.05, 3.63) is 12.2 Å². The van der Waals surface area contributed by atoms with E-state index < -0.39 is 11.7 Å². The van der Waals surface area contributed by atoms with E-state index in [1.165, 1.54) is 4.90 Å². The van der Waals surface area contributed by atoms with Crippen LogP contribution in [0.1, 0.15) is 27.7 Å². The topological polar surface area (TPSA) is 49.8 Å². The van der Waals surface area contributed by atoms with Crippen molar-refractivity contribution in [1.29, 1.82) is 0 Å². The molecule has 0 aliphatic carbocycles. The van der Waals surface area contributed by atoms with Crippen LogP contribution in [0.25, 0.3) is 0 Å². The zero-order chi connectivity index (χ0) is 12.1. The largest absolute Gasteiger partial charge is 0.444 e. The number of carbonyl (C=O) groups excluding carboxylic acids is 1. The van der Waals surface area contributed by atoms with Crippen molar-refractivity contribution in [2.45, 2.75) is 33.3 Å². The number of ether oxygens (including phenoxy) is 1. The van der Waals surface area contributed by atoms with Gasteiger partial charge in [0.05, 0.1) is 6.61 Å². The van der Waals surface area contributed by atoms with Crippen molar-refractivity contribution >= 4 is 6.09 Å². The van der Waals surface area contributed by atoms with Crippen LogP contribution >= 0.6 is 0 Å². The van der Waals surface area contributed by atoms with Crippen molar-refractivity contribution in [2.75, 3.05) is 19.7 Å². The molecule has 0 radical (unpaired) electrons. The Bertz CT molecular complexity index is 230. The number of nitrogens with zero attached hydrogens (tertiary/aromatic N) is 1. The van der Waals surface area contributed by atoms with Crippen molar-refractivity contribution in [3.63, 3.8) is 0 Å². The number of hydrogen-bond donors (Lipinski definition) is 1. The highest BCUT2D eigenvalue weighted by atomic mass is 16.6. The first kappa shape index (κ1) is 14.0. The smallest absolute Gasteiger partial charge is 0.410 e. The summed E-state index contributed by atoms with van der Waals surface area (Å²) in [5.74, 6) is 0. The molecule has 0 aromatic heterocycles. The van der Waals surface area contributed by atoms with E-state index in [0.29, 0.717) is 6.54 Å². The summed E-state index contributed by atoms with van der Waals surface area (Å²) in [4.78, 5) is 13.1. The van der Waals surface area contributed by atoms with Crippen molar-refractivity contribution < 1.29 is 14.6 Å². The molecule has 0 spiro atoms. The number of carbonyl (C=O) groups is 1. The molecule has 0 aromatic carbocycles. The zero-order valence-electron chi connectivity index (χ0n) is 10.0. The number of aliphatic hydroxyl groups is 1. The summed E-state index contributed by atoms with van der Waals surface area (Å²) in [6.45, 7) is 11.6. The van der Waals surface area contributed by atoms with Crippen LogP contribution in [0.2, 0.25) is 0 Å². The third-order valence-electron chi connectivity index (χ3n) is 1.48. The van der Waals surface area contributed by atoms with E-state index in [2.05, 4.69) is 6.58 Å². The maximum absolute atomic E-state index is 11.6. The number of amides is 1. The first-order valence-corrected chi connectivity index (χ1v) is 4.99. The minimum absolute atomic E-state index is 0.0769. The predicted molar refractivity (Wildman–Crippen MR) is 59.7 cm³/mol. The van der Waals surface area contributed by atoms with Crippen LogP contribution in [0.5, 0.6) is 0 Å². The molecule has 88 valence electrons. The van der Waals surface area contributed by atoms with E-state index in [-0.39, 0.29) is 13.2 Å². The van der Waals surface area contributed by atoms with Crippen LogP contribution in [-0.4, -0.2) is 41.4 Å². The fourth-order valence-corrected chi connectivity index (χ4v) is 1.01. The molecule has 0 bridgehead atoms.